The Labute approximate surface area is 104 Å². The number of halogens is 1. The average Bonchev–Trinajstić information content (AvgIpc) is 2.29. The molecule has 0 saturated heterocycles. The zero-order valence-electron chi connectivity index (χ0n) is 8.94. The maximum absolute atomic E-state index is 8.99. The SMILES string of the molecule is N#Cc1c(N)ccc(-c2cccc(N)c2)c1Cl. The minimum atomic E-state index is 0.298. The predicted molar refractivity (Wildman–Crippen MR) is 70.4 cm³/mol. The Morgan fingerprint density at radius 1 is 1.12 bits per heavy atom. The molecule has 0 heterocycles. The van der Waals surface area contributed by atoms with E-state index in [1.54, 1.807) is 24.3 Å². The van der Waals surface area contributed by atoms with E-state index in [9.17, 15) is 0 Å². The summed E-state index contributed by atoms with van der Waals surface area (Å²) in [5.41, 5.74) is 14.3. The van der Waals surface area contributed by atoms with Crippen LogP contribution in [0.25, 0.3) is 11.1 Å². The van der Waals surface area contributed by atoms with Crippen LogP contribution in [0, 0.1) is 11.3 Å². The second-order valence-electron chi connectivity index (χ2n) is 3.63. The third-order valence-corrected chi connectivity index (χ3v) is 2.88. The first kappa shape index (κ1) is 11.3. The summed E-state index contributed by atoms with van der Waals surface area (Å²) >= 11 is 6.16. The summed E-state index contributed by atoms with van der Waals surface area (Å²) in [4.78, 5) is 0. The molecule has 0 aliphatic carbocycles. The second-order valence-corrected chi connectivity index (χ2v) is 4.01. The largest absolute Gasteiger partial charge is 0.399 e. The van der Waals surface area contributed by atoms with Gasteiger partial charge in [-0.3, -0.25) is 0 Å². The summed E-state index contributed by atoms with van der Waals surface area (Å²) in [6.07, 6.45) is 0. The summed E-state index contributed by atoms with van der Waals surface area (Å²) in [6, 6.07) is 12.8. The van der Waals surface area contributed by atoms with E-state index < -0.39 is 0 Å². The Hall–Kier alpha value is -2.18. The lowest BCUT2D eigenvalue weighted by atomic mass is 10.0. The van der Waals surface area contributed by atoms with Gasteiger partial charge >= 0.3 is 0 Å². The normalized spacial score (nSPS) is 9.88. The van der Waals surface area contributed by atoms with Crippen LogP contribution < -0.4 is 11.5 Å². The van der Waals surface area contributed by atoms with E-state index in [1.807, 2.05) is 18.2 Å². The molecule has 0 fully saturated rings. The summed E-state index contributed by atoms with van der Waals surface area (Å²) in [5.74, 6) is 0. The molecule has 84 valence electrons. The van der Waals surface area contributed by atoms with Crippen LogP contribution in [0.15, 0.2) is 36.4 Å². The third-order valence-electron chi connectivity index (χ3n) is 2.48. The average molecular weight is 244 g/mol. The molecule has 0 unspecified atom stereocenters. The number of hydrogen-bond acceptors (Lipinski definition) is 3. The van der Waals surface area contributed by atoms with Crippen LogP contribution in [0.5, 0.6) is 0 Å². The molecule has 0 atom stereocenters. The quantitative estimate of drug-likeness (QED) is 0.756. The summed E-state index contributed by atoms with van der Waals surface area (Å²) < 4.78 is 0. The van der Waals surface area contributed by atoms with Gasteiger partial charge in [0.05, 0.1) is 16.3 Å². The molecule has 0 amide bonds. The van der Waals surface area contributed by atoms with Crippen LogP contribution >= 0.6 is 11.6 Å². The lowest BCUT2D eigenvalue weighted by Crippen LogP contribution is -1.93. The molecule has 0 spiro atoms. The van der Waals surface area contributed by atoms with Crippen molar-refractivity contribution in [1.29, 1.82) is 5.26 Å². The fourth-order valence-corrected chi connectivity index (χ4v) is 1.96. The van der Waals surface area contributed by atoms with E-state index in [0.717, 1.165) is 11.1 Å². The molecule has 0 saturated carbocycles. The molecule has 0 radical (unpaired) electrons. The van der Waals surface area contributed by atoms with E-state index in [0.29, 0.717) is 22.0 Å². The summed E-state index contributed by atoms with van der Waals surface area (Å²) in [6.45, 7) is 0. The van der Waals surface area contributed by atoms with Crippen molar-refractivity contribution >= 4 is 23.0 Å². The first-order valence-corrected chi connectivity index (χ1v) is 5.35. The Bertz CT molecular complexity index is 615. The highest BCUT2D eigenvalue weighted by molar-refractivity contribution is 6.35. The highest BCUT2D eigenvalue weighted by atomic mass is 35.5. The Kier molecular flexibility index (Phi) is 2.90. The van der Waals surface area contributed by atoms with Gasteiger partial charge in [-0.1, -0.05) is 29.8 Å². The fraction of sp³-hybridized carbons (Fsp3) is 0. The third kappa shape index (κ3) is 2.03. The molecule has 0 aromatic heterocycles. The Balaban J connectivity index is 2.66. The monoisotopic (exact) mass is 243 g/mol. The van der Waals surface area contributed by atoms with Gasteiger partial charge in [0.15, 0.2) is 0 Å². The molecule has 4 N–H and O–H groups in total. The van der Waals surface area contributed by atoms with Crippen molar-refractivity contribution in [2.75, 3.05) is 11.5 Å². The lowest BCUT2D eigenvalue weighted by Gasteiger charge is -2.08. The maximum Gasteiger partial charge on any atom is 0.103 e. The van der Waals surface area contributed by atoms with Gasteiger partial charge in [0.2, 0.25) is 0 Å². The predicted octanol–water partition coefficient (Wildman–Crippen LogP) is 3.04. The topological polar surface area (TPSA) is 75.8 Å². The van der Waals surface area contributed by atoms with Gasteiger partial charge in [-0.25, -0.2) is 0 Å². The van der Waals surface area contributed by atoms with Crippen molar-refractivity contribution in [3.05, 3.63) is 47.0 Å². The van der Waals surface area contributed by atoms with E-state index in [-0.39, 0.29) is 0 Å². The highest BCUT2D eigenvalue weighted by Gasteiger charge is 2.11. The number of nitrogens with zero attached hydrogens (tertiary/aromatic N) is 1. The number of hydrogen-bond donors (Lipinski definition) is 2. The van der Waals surface area contributed by atoms with Crippen molar-refractivity contribution in [1.82, 2.24) is 0 Å². The first-order chi connectivity index (χ1) is 8.13. The standard InChI is InChI=1S/C13H10ClN3/c14-13-10(4-5-12(17)11(13)7-15)8-2-1-3-9(16)6-8/h1-6H,16-17H2. The first-order valence-electron chi connectivity index (χ1n) is 4.97. The van der Waals surface area contributed by atoms with Gasteiger partial charge < -0.3 is 11.5 Å². The van der Waals surface area contributed by atoms with Crippen molar-refractivity contribution in [3.8, 4) is 17.2 Å². The molecular formula is C13H10ClN3. The van der Waals surface area contributed by atoms with Crippen LogP contribution in [-0.2, 0) is 0 Å². The van der Waals surface area contributed by atoms with Crippen molar-refractivity contribution < 1.29 is 0 Å². The molecule has 17 heavy (non-hydrogen) atoms. The van der Waals surface area contributed by atoms with Crippen LogP contribution in [0.3, 0.4) is 0 Å². The number of nitriles is 1. The number of anilines is 2. The molecular weight excluding hydrogens is 234 g/mol. The molecule has 0 aliphatic rings. The molecule has 2 aromatic rings. The maximum atomic E-state index is 8.99. The van der Waals surface area contributed by atoms with Gasteiger partial charge in [-0.2, -0.15) is 5.26 Å². The minimum Gasteiger partial charge on any atom is -0.399 e. The zero-order chi connectivity index (χ0) is 12.4. The molecule has 4 heteroatoms. The number of nitrogen functional groups attached to an aromatic ring is 2. The number of benzene rings is 2. The van der Waals surface area contributed by atoms with Crippen LogP contribution in [0.4, 0.5) is 11.4 Å². The van der Waals surface area contributed by atoms with Gasteiger partial charge in [-0.05, 0) is 23.8 Å². The van der Waals surface area contributed by atoms with Gasteiger partial charge in [0, 0.05) is 11.3 Å². The minimum absolute atomic E-state index is 0.298. The second kappa shape index (κ2) is 4.36. The zero-order valence-corrected chi connectivity index (χ0v) is 9.70. The van der Waals surface area contributed by atoms with Crippen LogP contribution in [0.2, 0.25) is 5.02 Å². The fourth-order valence-electron chi connectivity index (χ4n) is 1.63. The summed E-state index contributed by atoms with van der Waals surface area (Å²) in [5, 5.41) is 9.35. The smallest absolute Gasteiger partial charge is 0.103 e. The molecule has 0 bridgehead atoms. The van der Waals surface area contributed by atoms with Crippen molar-refractivity contribution in [3.63, 3.8) is 0 Å². The molecule has 2 aromatic carbocycles. The van der Waals surface area contributed by atoms with Crippen molar-refractivity contribution in [2.45, 2.75) is 0 Å². The Morgan fingerprint density at radius 3 is 2.53 bits per heavy atom. The van der Waals surface area contributed by atoms with E-state index in [1.165, 1.54) is 0 Å². The van der Waals surface area contributed by atoms with E-state index >= 15 is 0 Å². The van der Waals surface area contributed by atoms with Gasteiger partial charge in [0.25, 0.3) is 0 Å². The van der Waals surface area contributed by atoms with Gasteiger partial charge in [-0.15, -0.1) is 0 Å². The molecule has 3 nitrogen and oxygen atoms in total. The van der Waals surface area contributed by atoms with Gasteiger partial charge in [0.1, 0.15) is 6.07 Å². The lowest BCUT2D eigenvalue weighted by molar-refractivity contribution is 1.48. The molecule has 0 aliphatic heterocycles. The number of rotatable bonds is 1. The Morgan fingerprint density at radius 2 is 1.88 bits per heavy atom. The highest BCUT2D eigenvalue weighted by Crippen LogP contribution is 2.33. The molecule has 2 rings (SSSR count). The summed E-state index contributed by atoms with van der Waals surface area (Å²) in [7, 11) is 0. The van der Waals surface area contributed by atoms with Crippen molar-refractivity contribution in [2.24, 2.45) is 0 Å². The van der Waals surface area contributed by atoms with E-state index in [2.05, 4.69) is 0 Å². The van der Waals surface area contributed by atoms with E-state index in [4.69, 9.17) is 28.3 Å². The van der Waals surface area contributed by atoms with Crippen LogP contribution in [-0.4, -0.2) is 0 Å². The van der Waals surface area contributed by atoms with Crippen LogP contribution in [0.1, 0.15) is 5.56 Å². The number of nitrogens with two attached hydrogens (primary N) is 2.